The van der Waals surface area contributed by atoms with Gasteiger partial charge in [-0.2, -0.15) is 0 Å². The van der Waals surface area contributed by atoms with E-state index < -0.39 is 0 Å². The molecule has 84 valence electrons. The Labute approximate surface area is 97.7 Å². The van der Waals surface area contributed by atoms with Gasteiger partial charge in [0.25, 0.3) is 0 Å². The Morgan fingerprint density at radius 2 is 1.88 bits per heavy atom. The minimum atomic E-state index is 0.302. The second-order valence-corrected chi connectivity index (χ2v) is 3.97. The monoisotopic (exact) mass is 226 g/mol. The summed E-state index contributed by atoms with van der Waals surface area (Å²) < 4.78 is 11.0. The molecule has 0 bridgehead atoms. The maximum atomic E-state index is 10.5. The molecule has 1 aromatic carbocycles. The van der Waals surface area contributed by atoms with E-state index in [4.69, 9.17) is 8.83 Å². The van der Waals surface area contributed by atoms with Gasteiger partial charge in [0, 0.05) is 5.39 Å². The molecule has 0 unspecified atom stereocenters. The van der Waals surface area contributed by atoms with Crippen LogP contribution in [0.5, 0.6) is 0 Å². The second-order valence-electron chi connectivity index (χ2n) is 3.97. The molecule has 0 saturated carbocycles. The van der Waals surface area contributed by atoms with Crippen LogP contribution in [0.2, 0.25) is 0 Å². The SMILES string of the molecule is Cc1ccc2oc(-c3ccc(C=O)o3)cc2c1. The number of fused-ring (bicyclic) bond motifs is 1. The Hall–Kier alpha value is -2.29. The van der Waals surface area contributed by atoms with Crippen LogP contribution in [0.4, 0.5) is 0 Å². The fraction of sp³-hybridized carbons (Fsp3) is 0.0714. The van der Waals surface area contributed by atoms with Crippen LogP contribution in [-0.2, 0) is 0 Å². The minimum absolute atomic E-state index is 0.302. The Balaban J connectivity index is 2.14. The third-order valence-corrected chi connectivity index (χ3v) is 2.66. The van der Waals surface area contributed by atoms with Crippen molar-refractivity contribution in [3.63, 3.8) is 0 Å². The van der Waals surface area contributed by atoms with Crippen LogP contribution in [0.15, 0.2) is 45.2 Å². The molecule has 0 amide bonds. The summed E-state index contributed by atoms with van der Waals surface area (Å²) in [5.74, 6) is 1.51. The summed E-state index contributed by atoms with van der Waals surface area (Å²) in [6.45, 7) is 2.03. The number of hydrogen-bond acceptors (Lipinski definition) is 3. The molecule has 2 heterocycles. The fourth-order valence-electron chi connectivity index (χ4n) is 1.83. The molecule has 0 aliphatic rings. The van der Waals surface area contributed by atoms with E-state index >= 15 is 0 Å². The average Bonchev–Trinajstić information content (AvgIpc) is 2.93. The molecule has 0 fully saturated rings. The van der Waals surface area contributed by atoms with Crippen molar-refractivity contribution in [2.24, 2.45) is 0 Å². The lowest BCUT2D eigenvalue weighted by atomic mass is 10.2. The van der Waals surface area contributed by atoms with Gasteiger partial charge in [-0.15, -0.1) is 0 Å². The molecular weight excluding hydrogens is 216 g/mol. The number of rotatable bonds is 2. The summed E-state index contributed by atoms with van der Waals surface area (Å²) in [5, 5.41) is 1.03. The van der Waals surface area contributed by atoms with Crippen molar-refractivity contribution in [1.82, 2.24) is 0 Å². The van der Waals surface area contributed by atoms with E-state index in [9.17, 15) is 4.79 Å². The van der Waals surface area contributed by atoms with Crippen molar-refractivity contribution in [1.29, 1.82) is 0 Å². The van der Waals surface area contributed by atoms with Gasteiger partial charge in [0.15, 0.2) is 23.6 Å². The zero-order valence-corrected chi connectivity index (χ0v) is 9.27. The summed E-state index contributed by atoms with van der Waals surface area (Å²) in [6, 6.07) is 11.2. The first-order chi connectivity index (χ1) is 8.26. The lowest BCUT2D eigenvalue weighted by Crippen LogP contribution is -1.68. The van der Waals surface area contributed by atoms with Gasteiger partial charge in [-0.25, -0.2) is 0 Å². The van der Waals surface area contributed by atoms with E-state index in [1.54, 1.807) is 12.1 Å². The van der Waals surface area contributed by atoms with Gasteiger partial charge in [-0.05, 0) is 37.3 Å². The quantitative estimate of drug-likeness (QED) is 0.624. The Morgan fingerprint density at radius 3 is 2.65 bits per heavy atom. The van der Waals surface area contributed by atoms with Crippen molar-refractivity contribution >= 4 is 17.3 Å². The molecule has 2 aromatic heterocycles. The molecule has 3 aromatic rings. The summed E-state index contributed by atoms with van der Waals surface area (Å²) >= 11 is 0. The largest absolute Gasteiger partial charge is 0.453 e. The number of hydrogen-bond donors (Lipinski definition) is 0. The van der Waals surface area contributed by atoms with Crippen LogP contribution in [0.3, 0.4) is 0 Å². The number of benzene rings is 1. The first-order valence-corrected chi connectivity index (χ1v) is 5.32. The number of aldehydes is 1. The van der Waals surface area contributed by atoms with Gasteiger partial charge in [-0.1, -0.05) is 11.6 Å². The summed E-state index contributed by atoms with van der Waals surface area (Å²) in [5.41, 5.74) is 1.99. The topological polar surface area (TPSA) is 43.4 Å². The molecular formula is C14H10O3. The lowest BCUT2D eigenvalue weighted by Gasteiger charge is -1.89. The average molecular weight is 226 g/mol. The summed E-state index contributed by atoms with van der Waals surface area (Å²) in [6.07, 6.45) is 0.677. The van der Waals surface area contributed by atoms with Crippen LogP contribution >= 0.6 is 0 Å². The molecule has 3 rings (SSSR count). The highest BCUT2D eigenvalue weighted by Crippen LogP contribution is 2.29. The third kappa shape index (κ3) is 1.65. The van der Waals surface area contributed by atoms with Gasteiger partial charge in [0.1, 0.15) is 5.58 Å². The smallest absolute Gasteiger partial charge is 0.185 e. The third-order valence-electron chi connectivity index (χ3n) is 2.66. The van der Waals surface area contributed by atoms with E-state index in [-0.39, 0.29) is 0 Å². The van der Waals surface area contributed by atoms with Crippen molar-refractivity contribution in [3.8, 4) is 11.5 Å². The van der Waals surface area contributed by atoms with Gasteiger partial charge in [0.2, 0.25) is 0 Å². The van der Waals surface area contributed by atoms with Gasteiger partial charge in [0.05, 0.1) is 0 Å². The normalized spacial score (nSPS) is 10.9. The number of carbonyl (C=O) groups is 1. The predicted molar refractivity (Wildman–Crippen MR) is 64.0 cm³/mol. The fourth-order valence-corrected chi connectivity index (χ4v) is 1.83. The first-order valence-electron chi connectivity index (χ1n) is 5.32. The second kappa shape index (κ2) is 3.63. The molecule has 0 spiro atoms. The van der Waals surface area contributed by atoms with E-state index in [1.165, 1.54) is 5.56 Å². The molecule has 3 nitrogen and oxygen atoms in total. The van der Waals surface area contributed by atoms with Gasteiger partial charge in [-0.3, -0.25) is 4.79 Å². The molecule has 17 heavy (non-hydrogen) atoms. The van der Waals surface area contributed by atoms with Crippen LogP contribution < -0.4 is 0 Å². The highest BCUT2D eigenvalue weighted by atomic mass is 16.4. The predicted octanol–water partition coefficient (Wildman–Crippen LogP) is 3.81. The Bertz CT molecular complexity index is 688. The number of furan rings is 2. The van der Waals surface area contributed by atoms with Crippen molar-refractivity contribution in [2.75, 3.05) is 0 Å². The molecule has 0 N–H and O–H groups in total. The first kappa shape index (κ1) is 9.90. The summed E-state index contributed by atoms with van der Waals surface area (Å²) in [4.78, 5) is 10.5. The zero-order chi connectivity index (χ0) is 11.8. The Kier molecular flexibility index (Phi) is 2.11. The molecule has 0 saturated heterocycles. The van der Waals surface area contributed by atoms with Crippen LogP contribution in [0.1, 0.15) is 16.1 Å². The molecule has 0 radical (unpaired) electrons. The molecule has 0 aliphatic carbocycles. The van der Waals surface area contributed by atoms with Crippen molar-refractivity contribution in [3.05, 3.63) is 47.7 Å². The highest BCUT2D eigenvalue weighted by molar-refractivity contribution is 5.83. The van der Waals surface area contributed by atoms with Crippen LogP contribution in [0, 0.1) is 6.92 Å². The lowest BCUT2D eigenvalue weighted by molar-refractivity contribution is 0.110. The maximum Gasteiger partial charge on any atom is 0.185 e. The standard InChI is InChI=1S/C14H10O3/c1-9-2-4-12-10(6-9)7-14(17-12)13-5-3-11(8-15)16-13/h2-8H,1H3. The molecule has 0 aliphatic heterocycles. The van der Waals surface area contributed by atoms with Gasteiger partial charge >= 0.3 is 0 Å². The van der Waals surface area contributed by atoms with Crippen LogP contribution in [0.25, 0.3) is 22.5 Å². The minimum Gasteiger partial charge on any atom is -0.453 e. The van der Waals surface area contributed by atoms with Crippen molar-refractivity contribution < 1.29 is 13.6 Å². The Morgan fingerprint density at radius 1 is 1.00 bits per heavy atom. The number of carbonyl (C=O) groups excluding carboxylic acids is 1. The van der Waals surface area contributed by atoms with E-state index in [1.807, 2.05) is 31.2 Å². The van der Waals surface area contributed by atoms with E-state index in [2.05, 4.69) is 0 Å². The number of aryl methyl sites for hydroxylation is 1. The molecule has 0 atom stereocenters. The van der Waals surface area contributed by atoms with Gasteiger partial charge < -0.3 is 8.83 Å². The van der Waals surface area contributed by atoms with Crippen molar-refractivity contribution in [2.45, 2.75) is 6.92 Å². The highest BCUT2D eigenvalue weighted by Gasteiger charge is 2.10. The zero-order valence-electron chi connectivity index (χ0n) is 9.27. The maximum absolute atomic E-state index is 10.5. The van der Waals surface area contributed by atoms with E-state index in [0.29, 0.717) is 23.6 Å². The summed E-state index contributed by atoms with van der Waals surface area (Å²) in [7, 11) is 0. The van der Waals surface area contributed by atoms with Crippen LogP contribution in [-0.4, -0.2) is 6.29 Å². The van der Waals surface area contributed by atoms with E-state index in [0.717, 1.165) is 11.0 Å². The molecule has 3 heteroatoms.